The molecular formula is C16H20N2. The zero-order valence-electron chi connectivity index (χ0n) is 11.2. The van der Waals surface area contributed by atoms with Gasteiger partial charge < -0.3 is 5.73 Å². The molecule has 0 bridgehead atoms. The van der Waals surface area contributed by atoms with Gasteiger partial charge in [0.15, 0.2) is 0 Å². The molecule has 94 valence electrons. The van der Waals surface area contributed by atoms with Crippen LogP contribution in [0.1, 0.15) is 40.8 Å². The highest BCUT2D eigenvalue weighted by Crippen LogP contribution is 2.31. The maximum atomic E-state index is 6.00. The Labute approximate surface area is 108 Å². The molecule has 18 heavy (non-hydrogen) atoms. The van der Waals surface area contributed by atoms with Crippen LogP contribution >= 0.6 is 0 Å². The molecule has 2 aromatic rings. The summed E-state index contributed by atoms with van der Waals surface area (Å²) in [5, 5.41) is 1.27. The molecule has 2 nitrogen and oxygen atoms in total. The first-order chi connectivity index (χ1) is 8.72. The molecule has 0 aliphatic heterocycles. The Kier molecular flexibility index (Phi) is 2.83. The lowest BCUT2D eigenvalue weighted by Crippen LogP contribution is -2.13. The van der Waals surface area contributed by atoms with Crippen molar-refractivity contribution in [3.63, 3.8) is 0 Å². The van der Waals surface area contributed by atoms with Crippen LogP contribution in [0.25, 0.3) is 10.9 Å². The number of hydrogen-bond donors (Lipinski definition) is 1. The second kappa shape index (κ2) is 4.36. The Morgan fingerprint density at radius 3 is 2.72 bits per heavy atom. The molecule has 1 heterocycles. The molecule has 1 aromatic carbocycles. The maximum Gasteiger partial charge on any atom is 0.0740 e. The fourth-order valence-corrected chi connectivity index (χ4v) is 3.06. The number of hydrogen-bond acceptors (Lipinski definition) is 2. The van der Waals surface area contributed by atoms with Crippen molar-refractivity contribution in [2.24, 2.45) is 5.73 Å². The lowest BCUT2D eigenvalue weighted by Gasteiger charge is -2.21. The van der Waals surface area contributed by atoms with Crippen LogP contribution in [0.4, 0.5) is 0 Å². The average molecular weight is 240 g/mol. The van der Waals surface area contributed by atoms with Gasteiger partial charge in [-0.2, -0.15) is 0 Å². The standard InChI is InChI=1S/C16H20N2/c1-10-7-8-13-14(9-17)12-5-3-4-6-15(12)18-16(13)11(10)2/h7-8H,3-6,9,17H2,1-2H3. The molecule has 0 spiro atoms. The van der Waals surface area contributed by atoms with Gasteiger partial charge in [-0.3, -0.25) is 4.98 Å². The number of rotatable bonds is 1. The molecule has 1 aromatic heterocycles. The summed E-state index contributed by atoms with van der Waals surface area (Å²) in [6.07, 6.45) is 4.81. The zero-order chi connectivity index (χ0) is 12.7. The predicted molar refractivity (Wildman–Crippen MR) is 75.8 cm³/mol. The minimum Gasteiger partial charge on any atom is -0.326 e. The van der Waals surface area contributed by atoms with Crippen LogP contribution in [0.2, 0.25) is 0 Å². The molecule has 0 amide bonds. The van der Waals surface area contributed by atoms with E-state index in [1.54, 1.807) is 0 Å². The van der Waals surface area contributed by atoms with Gasteiger partial charge in [-0.25, -0.2) is 0 Å². The van der Waals surface area contributed by atoms with Crippen LogP contribution in [0.15, 0.2) is 12.1 Å². The Morgan fingerprint density at radius 1 is 1.17 bits per heavy atom. The Morgan fingerprint density at radius 2 is 1.94 bits per heavy atom. The molecule has 0 unspecified atom stereocenters. The topological polar surface area (TPSA) is 38.9 Å². The number of fused-ring (bicyclic) bond motifs is 2. The summed E-state index contributed by atoms with van der Waals surface area (Å²) in [7, 11) is 0. The first-order valence-corrected chi connectivity index (χ1v) is 6.83. The molecule has 2 heteroatoms. The van der Waals surface area contributed by atoms with Crippen molar-refractivity contribution in [1.82, 2.24) is 4.98 Å². The minimum atomic E-state index is 0.629. The number of aromatic nitrogens is 1. The van der Waals surface area contributed by atoms with E-state index in [2.05, 4.69) is 26.0 Å². The Bertz CT molecular complexity index is 614. The van der Waals surface area contributed by atoms with Gasteiger partial charge in [0.05, 0.1) is 5.52 Å². The van der Waals surface area contributed by atoms with Crippen molar-refractivity contribution < 1.29 is 0 Å². The molecular weight excluding hydrogens is 220 g/mol. The molecule has 1 aliphatic rings. The summed E-state index contributed by atoms with van der Waals surface area (Å²) in [6.45, 7) is 4.95. The lowest BCUT2D eigenvalue weighted by molar-refractivity contribution is 0.664. The van der Waals surface area contributed by atoms with E-state index in [1.165, 1.54) is 46.2 Å². The summed E-state index contributed by atoms with van der Waals surface area (Å²) in [6, 6.07) is 4.38. The first kappa shape index (κ1) is 11.7. The SMILES string of the molecule is Cc1ccc2c(CN)c3c(nc2c1C)CCCC3. The smallest absolute Gasteiger partial charge is 0.0740 e. The van der Waals surface area contributed by atoms with Crippen molar-refractivity contribution >= 4 is 10.9 Å². The van der Waals surface area contributed by atoms with Crippen LogP contribution < -0.4 is 5.73 Å². The maximum absolute atomic E-state index is 6.00. The minimum absolute atomic E-state index is 0.629. The molecule has 3 rings (SSSR count). The lowest BCUT2D eigenvalue weighted by atomic mass is 9.89. The highest BCUT2D eigenvalue weighted by Gasteiger charge is 2.18. The van der Waals surface area contributed by atoms with Gasteiger partial charge in [-0.05, 0) is 61.8 Å². The number of pyridine rings is 1. The quantitative estimate of drug-likeness (QED) is 0.831. The van der Waals surface area contributed by atoms with Crippen molar-refractivity contribution in [3.8, 4) is 0 Å². The van der Waals surface area contributed by atoms with E-state index in [4.69, 9.17) is 10.7 Å². The zero-order valence-corrected chi connectivity index (χ0v) is 11.2. The first-order valence-electron chi connectivity index (χ1n) is 6.83. The monoisotopic (exact) mass is 240 g/mol. The molecule has 0 atom stereocenters. The van der Waals surface area contributed by atoms with E-state index < -0.39 is 0 Å². The third kappa shape index (κ3) is 1.64. The molecule has 0 saturated heterocycles. The van der Waals surface area contributed by atoms with E-state index >= 15 is 0 Å². The summed E-state index contributed by atoms with van der Waals surface area (Å²) in [4.78, 5) is 4.93. The van der Waals surface area contributed by atoms with Crippen LogP contribution in [0.3, 0.4) is 0 Å². The number of aryl methyl sites for hydroxylation is 3. The van der Waals surface area contributed by atoms with E-state index in [9.17, 15) is 0 Å². The van der Waals surface area contributed by atoms with Crippen molar-refractivity contribution in [2.45, 2.75) is 46.1 Å². The second-order valence-corrected chi connectivity index (χ2v) is 5.33. The van der Waals surface area contributed by atoms with Gasteiger partial charge in [0.2, 0.25) is 0 Å². The fourth-order valence-electron chi connectivity index (χ4n) is 3.06. The van der Waals surface area contributed by atoms with Crippen LogP contribution in [-0.4, -0.2) is 4.98 Å². The largest absolute Gasteiger partial charge is 0.326 e. The Balaban J connectivity index is 2.40. The van der Waals surface area contributed by atoms with Gasteiger partial charge in [0.1, 0.15) is 0 Å². The third-order valence-corrected chi connectivity index (χ3v) is 4.28. The normalized spacial score (nSPS) is 14.8. The van der Waals surface area contributed by atoms with E-state index in [-0.39, 0.29) is 0 Å². The van der Waals surface area contributed by atoms with Gasteiger partial charge in [0.25, 0.3) is 0 Å². The van der Waals surface area contributed by atoms with Crippen molar-refractivity contribution in [3.05, 3.63) is 40.1 Å². The molecule has 1 aliphatic carbocycles. The third-order valence-electron chi connectivity index (χ3n) is 4.28. The highest BCUT2D eigenvalue weighted by molar-refractivity contribution is 5.87. The summed E-state index contributed by atoms with van der Waals surface area (Å²) >= 11 is 0. The van der Waals surface area contributed by atoms with Crippen LogP contribution in [-0.2, 0) is 19.4 Å². The van der Waals surface area contributed by atoms with Gasteiger partial charge in [-0.15, -0.1) is 0 Å². The summed E-state index contributed by atoms with van der Waals surface area (Å²) < 4.78 is 0. The van der Waals surface area contributed by atoms with E-state index in [1.807, 2.05) is 0 Å². The fraction of sp³-hybridized carbons (Fsp3) is 0.438. The predicted octanol–water partition coefficient (Wildman–Crippen LogP) is 3.19. The molecule has 0 saturated carbocycles. The number of nitrogens with two attached hydrogens (primary N) is 1. The van der Waals surface area contributed by atoms with Gasteiger partial charge in [-0.1, -0.05) is 12.1 Å². The highest BCUT2D eigenvalue weighted by atomic mass is 14.7. The van der Waals surface area contributed by atoms with Gasteiger partial charge >= 0.3 is 0 Å². The average Bonchev–Trinajstić information content (AvgIpc) is 2.41. The molecule has 0 fully saturated rings. The number of nitrogens with zero attached hydrogens (tertiary/aromatic N) is 1. The summed E-state index contributed by atoms with van der Waals surface area (Å²) in [5.74, 6) is 0. The van der Waals surface area contributed by atoms with Crippen molar-refractivity contribution in [1.29, 1.82) is 0 Å². The van der Waals surface area contributed by atoms with Gasteiger partial charge in [0, 0.05) is 17.6 Å². The Hall–Kier alpha value is -1.41. The van der Waals surface area contributed by atoms with Crippen LogP contribution in [0.5, 0.6) is 0 Å². The van der Waals surface area contributed by atoms with Crippen molar-refractivity contribution in [2.75, 3.05) is 0 Å². The van der Waals surface area contributed by atoms with E-state index in [0.29, 0.717) is 6.54 Å². The van der Waals surface area contributed by atoms with E-state index in [0.717, 1.165) is 18.4 Å². The molecule has 0 radical (unpaired) electrons. The molecule has 2 N–H and O–H groups in total. The van der Waals surface area contributed by atoms with Crippen LogP contribution in [0, 0.1) is 13.8 Å². The second-order valence-electron chi connectivity index (χ2n) is 5.33. The number of benzene rings is 1. The summed E-state index contributed by atoms with van der Waals surface area (Å²) in [5.41, 5.74) is 13.8.